The summed E-state index contributed by atoms with van der Waals surface area (Å²) in [5.41, 5.74) is 6.05. The van der Waals surface area contributed by atoms with E-state index in [9.17, 15) is 0 Å². The first-order chi connectivity index (χ1) is 7.81. The van der Waals surface area contributed by atoms with Crippen molar-refractivity contribution in [1.29, 1.82) is 0 Å². The van der Waals surface area contributed by atoms with Crippen molar-refractivity contribution >= 4 is 0 Å². The maximum absolute atomic E-state index is 6.05. The van der Waals surface area contributed by atoms with E-state index in [4.69, 9.17) is 10.2 Å². The van der Waals surface area contributed by atoms with Crippen LogP contribution >= 0.6 is 0 Å². The molecular weight excluding hydrogens is 202 g/mol. The SMILES string of the molecule is CCCn1ccnc1CC(N)c1ccco1. The molecule has 1 unspecified atom stereocenters. The molecule has 0 radical (unpaired) electrons. The lowest BCUT2D eigenvalue weighted by atomic mass is 10.1. The van der Waals surface area contributed by atoms with Crippen LogP contribution in [0.25, 0.3) is 0 Å². The first-order valence-corrected chi connectivity index (χ1v) is 5.60. The maximum atomic E-state index is 6.05. The number of furan rings is 1. The second-order valence-corrected chi connectivity index (χ2v) is 3.86. The zero-order chi connectivity index (χ0) is 11.4. The van der Waals surface area contributed by atoms with Gasteiger partial charge in [-0.1, -0.05) is 6.92 Å². The highest BCUT2D eigenvalue weighted by atomic mass is 16.3. The number of hydrogen-bond donors (Lipinski definition) is 1. The van der Waals surface area contributed by atoms with Crippen LogP contribution in [-0.2, 0) is 13.0 Å². The van der Waals surface area contributed by atoms with Gasteiger partial charge in [0.1, 0.15) is 11.6 Å². The monoisotopic (exact) mass is 219 g/mol. The number of rotatable bonds is 5. The van der Waals surface area contributed by atoms with Crippen molar-refractivity contribution in [2.45, 2.75) is 32.4 Å². The van der Waals surface area contributed by atoms with Crippen LogP contribution in [0.2, 0.25) is 0 Å². The van der Waals surface area contributed by atoms with Gasteiger partial charge in [0, 0.05) is 25.4 Å². The third-order valence-electron chi connectivity index (χ3n) is 2.58. The van der Waals surface area contributed by atoms with E-state index >= 15 is 0 Å². The summed E-state index contributed by atoms with van der Waals surface area (Å²) in [5, 5.41) is 0. The Morgan fingerprint density at radius 1 is 1.56 bits per heavy atom. The minimum Gasteiger partial charge on any atom is -0.468 e. The summed E-state index contributed by atoms with van der Waals surface area (Å²) < 4.78 is 7.42. The number of hydrogen-bond acceptors (Lipinski definition) is 3. The molecule has 4 nitrogen and oxygen atoms in total. The molecule has 0 aliphatic heterocycles. The summed E-state index contributed by atoms with van der Waals surface area (Å²) in [4.78, 5) is 4.33. The fourth-order valence-electron chi connectivity index (χ4n) is 1.77. The Labute approximate surface area is 95.1 Å². The van der Waals surface area contributed by atoms with Crippen LogP contribution in [-0.4, -0.2) is 9.55 Å². The number of aromatic nitrogens is 2. The van der Waals surface area contributed by atoms with Crippen molar-refractivity contribution in [2.75, 3.05) is 0 Å². The molecule has 0 saturated carbocycles. The van der Waals surface area contributed by atoms with E-state index in [2.05, 4.69) is 16.5 Å². The van der Waals surface area contributed by atoms with Gasteiger partial charge in [-0.3, -0.25) is 0 Å². The molecule has 2 heterocycles. The normalized spacial score (nSPS) is 12.9. The summed E-state index contributed by atoms with van der Waals surface area (Å²) in [6.45, 7) is 3.14. The van der Waals surface area contributed by atoms with E-state index in [1.54, 1.807) is 6.26 Å². The predicted octanol–water partition coefficient (Wildman–Crippen LogP) is 2.13. The molecule has 0 bridgehead atoms. The first-order valence-electron chi connectivity index (χ1n) is 5.60. The van der Waals surface area contributed by atoms with Gasteiger partial charge in [-0.15, -0.1) is 0 Å². The third-order valence-corrected chi connectivity index (χ3v) is 2.58. The van der Waals surface area contributed by atoms with Gasteiger partial charge in [0.05, 0.1) is 12.3 Å². The van der Waals surface area contributed by atoms with Gasteiger partial charge >= 0.3 is 0 Å². The zero-order valence-corrected chi connectivity index (χ0v) is 9.47. The molecule has 2 N–H and O–H groups in total. The third kappa shape index (κ3) is 2.33. The van der Waals surface area contributed by atoms with Gasteiger partial charge in [0.2, 0.25) is 0 Å². The summed E-state index contributed by atoms with van der Waals surface area (Å²) >= 11 is 0. The Balaban J connectivity index is 2.06. The Kier molecular flexibility index (Phi) is 3.41. The molecule has 0 aliphatic rings. The summed E-state index contributed by atoms with van der Waals surface area (Å²) in [6, 6.07) is 3.64. The molecule has 2 aromatic heterocycles. The van der Waals surface area contributed by atoms with Crippen molar-refractivity contribution in [3.05, 3.63) is 42.4 Å². The van der Waals surface area contributed by atoms with E-state index in [-0.39, 0.29) is 6.04 Å². The second-order valence-electron chi connectivity index (χ2n) is 3.86. The van der Waals surface area contributed by atoms with E-state index in [1.165, 1.54) is 0 Å². The lowest BCUT2D eigenvalue weighted by Gasteiger charge is -2.10. The maximum Gasteiger partial charge on any atom is 0.120 e. The Bertz CT molecular complexity index is 419. The average Bonchev–Trinajstić information content (AvgIpc) is 2.90. The summed E-state index contributed by atoms with van der Waals surface area (Å²) in [7, 11) is 0. The van der Waals surface area contributed by atoms with E-state index in [0.29, 0.717) is 6.42 Å². The van der Waals surface area contributed by atoms with Gasteiger partial charge in [-0.05, 0) is 18.6 Å². The highest BCUT2D eigenvalue weighted by Gasteiger charge is 2.12. The van der Waals surface area contributed by atoms with Crippen molar-refractivity contribution < 1.29 is 4.42 Å². The molecular formula is C12H17N3O. The number of nitrogens with two attached hydrogens (primary N) is 1. The summed E-state index contributed by atoms with van der Waals surface area (Å²) in [6.07, 6.45) is 7.26. The largest absolute Gasteiger partial charge is 0.468 e. The van der Waals surface area contributed by atoms with Gasteiger partial charge in [-0.25, -0.2) is 4.98 Å². The lowest BCUT2D eigenvalue weighted by molar-refractivity contribution is 0.455. The Morgan fingerprint density at radius 3 is 3.12 bits per heavy atom. The molecule has 0 spiro atoms. The topological polar surface area (TPSA) is 57.0 Å². The Morgan fingerprint density at radius 2 is 2.44 bits per heavy atom. The standard InChI is InChI=1S/C12H17N3O/c1-2-6-15-7-5-14-12(15)9-10(13)11-4-3-8-16-11/h3-5,7-8,10H,2,6,9,13H2,1H3. The first kappa shape index (κ1) is 11.0. The lowest BCUT2D eigenvalue weighted by Crippen LogP contribution is -2.16. The molecule has 0 amide bonds. The molecule has 1 atom stereocenters. The van der Waals surface area contributed by atoms with Crippen LogP contribution < -0.4 is 5.73 Å². The minimum atomic E-state index is -0.118. The number of imidazole rings is 1. The highest BCUT2D eigenvalue weighted by Crippen LogP contribution is 2.15. The second kappa shape index (κ2) is 4.99. The van der Waals surface area contributed by atoms with Crippen molar-refractivity contribution in [1.82, 2.24) is 9.55 Å². The van der Waals surface area contributed by atoms with Gasteiger partial charge in [0.15, 0.2) is 0 Å². The van der Waals surface area contributed by atoms with Gasteiger partial charge < -0.3 is 14.7 Å². The van der Waals surface area contributed by atoms with E-state index in [1.807, 2.05) is 24.5 Å². The van der Waals surface area contributed by atoms with Gasteiger partial charge in [0.25, 0.3) is 0 Å². The highest BCUT2D eigenvalue weighted by molar-refractivity contribution is 5.07. The molecule has 0 fully saturated rings. The zero-order valence-electron chi connectivity index (χ0n) is 9.47. The molecule has 0 saturated heterocycles. The van der Waals surface area contributed by atoms with Crippen LogP contribution in [0.15, 0.2) is 35.2 Å². The predicted molar refractivity (Wildman–Crippen MR) is 61.9 cm³/mol. The average molecular weight is 219 g/mol. The van der Waals surface area contributed by atoms with Crippen molar-refractivity contribution in [2.24, 2.45) is 5.73 Å². The summed E-state index contributed by atoms with van der Waals surface area (Å²) in [5.74, 6) is 1.83. The van der Waals surface area contributed by atoms with Crippen LogP contribution in [0.4, 0.5) is 0 Å². The van der Waals surface area contributed by atoms with Crippen LogP contribution in [0, 0.1) is 0 Å². The van der Waals surface area contributed by atoms with Crippen LogP contribution in [0.3, 0.4) is 0 Å². The number of nitrogens with zero attached hydrogens (tertiary/aromatic N) is 2. The number of aryl methyl sites for hydroxylation is 1. The molecule has 2 aromatic rings. The van der Waals surface area contributed by atoms with Crippen molar-refractivity contribution in [3.63, 3.8) is 0 Å². The van der Waals surface area contributed by atoms with Crippen molar-refractivity contribution in [3.8, 4) is 0 Å². The van der Waals surface area contributed by atoms with Crippen LogP contribution in [0.1, 0.15) is 31.0 Å². The van der Waals surface area contributed by atoms with E-state index < -0.39 is 0 Å². The quantitative estimate of drug-likeness (QED) is 0.838. The minimum absolute atomic E-state index is 0.118. The molecule has 2 rings (SSSR count). The van der Waals surface area contributed by atoms with E-state index in [0.717, 1.165) is 24.6 Å². The molecule has 16 heavy (non-hydrogen) atoms. The molecule has 0 aromatic carbocycles. The molecule has 4 heteroatoms. The fraction of sp³-hybridized carbons (Fsp3) is 0.417. The smallest absolute Gasteiger partial charge is 0.120 e. The van der Waals surface area contributed by atoms with Gasteiger partial charge in [-0.2, -0.15) is 0 Å². The van der Waals surface area contributed by atoms with Crippen LogP contribution in [0.5, 0.6) is 0 Å². The molecule has 86 valence electrons. The fourth-order valence-corrected chi connectivity index (χ4v) is 1.77. The Hall–Kier alpha value is -1.55. The molecule has 0 aliphatic carbocycles.